The molecule has 0 aromatic rings. The number of ether oxygens (including phenoxy) is 2. The summed E-state index contributed by atoms with van der Waals surface area (Å²) >= 11 is 0. The first-order valence-electron chi connectivity index (χ1n) is 29.9. The van der Waals surface area contributed by atoms with Gasteiger partial charge in [0.25, 0.3) is 0 Å². The molecule has 1 fully saturated rings. The van der Waals surface area contributed by atoms with Crippen molar-refractivity contribution in [3.05, 3.63) is 134 Å². The summed E-state index contributed by atoms with van der Waals surface area (Å²) in [4.78, 5) is 13.1. The molecular weight excluding hydrogens is 935 g/mol. The standard InChI is InChI=1S/C66H109NO8/c1-3-5-7-9-11-13-15-17-19-21-22-23-24-25-26-27-28-29-30-31-32-33-34-35-36-37-38-40-42-44-46-48-50-52-54-56-62(70)67-59(58-74-66-65(73)64(72)63(71)61(57-68)75-66)60(69)55-53-51-49-47-45-43-41-39-20-18-16-14-12-10-8-6-4-2/h5,7,11,13,17,19,22-23,25-26,28-29,31-32,34-35,37-38,42,44,53,55,59-61,63-66,68-69,71-73H,3-4,6,8-10,12,14-16,18,20-21,24,27,30,33,36,39-41,43,45-52,54,56-58H2,1-2H3,(H,67,70)/b7-5-,13-11-,19-17-,23-22-,26-25-,29-28-,32-31-,35-34-,38-37-,44-42-,55-53+. The van der Waals surface area contributed by atoms with Gasteiger partial charge in [0.15, 0.2) is 6.29 Å². The van der Waals surface area contributed by atoms with E-state index in [1.54, 1.807) is 6.08 Å². The summed E-state index contributed by atoms with van der Waals surface area (Å²) in [5.41, 5.74) is 0. The first kappa shape index (κ1) is 69.3. The fourth-order valence-electron chi connectivity index (χ4n) is 8.54. The molecule has 1 amide bonds. The van der Waals surface area contributed by atoms with Crippen molar-refractivity contribution >= 4 is 5.91 Å². The molecule has 6 N–H and O–H groups in total. The molecule has 426 valence electrons. The van der Waals surface area contributed by atoms with Crippen molar-refractivity contribution in [3.8, 4) is 0 Å². The third-order valence-corrected chi connectivity index (χ3v) is 13.2. The fourth-order valence-corrected chi connectivity index (χ4v) is 8.54. The number of nitrogens with one attached hydrogen (secondary N) is 1. The highest BCUT2D eigenvalue weighted by molar-refractivity contribution is 5.76. The number of carbonyl (C=O) groups excluding carboxylic acids is 1. The van der Waals surface area contributed by atoms with Gasteiger partial charge in [0, 0.05) is 6.42 Å². The Bertz CT molecular complexity index is 1640. The Morgan fingerprint density at radius 3 is 1.23 bits per heavy atom. The average molecular weight is 1040 g/mol. The Morgan fingerprint density at radius 1 is 0.467 bits per heavy atom. The molecule has 0 saturated carbocycles. The second-order valence-electron chi connectivity index (χ2n) is 20.1. The predicted octanol–water partition coefficient (Wildman–Crippen LogP) is 15.3. The Hall–Kier alpha value is -3.67. The molecule has 7 atom stereocenters. The molecule has 1 saturated heterocycles. The summed E-state index contributed by atoms with van der Waals surface area (Å²) in [5.74, 6) is -0.206. The van der Waals surface area contributed by atoms with E-state index in [0.29, 0.717) is 6.42 Å². The lowest BCUT2D eigenvalue weighted by Gasteiger charge is -2.40. The highest BCUT2D eigenvalue weighted by Gasteiger charge is 2.44. The molecule has 0 aromatic heterocycles. The topological polar surface area (TPSA) is 149 Å². The summed E-state index contributed by atoms with van der Waals surface area (Å²) in [7, 11) is 0. The number of aliphatic hydroxyl groups excluding tert-OH is 5. The van der Waals surface area contributed by atoms with Crippen LogP contribution in [0.15, 0.2) is 134 Å². The van der Waals surface area contributed by atoms with Gasteiger partial charge in [0.05, 0.1) is 25.4 Å². The van der Waals surface area contributed by atoms with Gasteiger partial charge in [-0.05, 0) is 96.3 Å². The third-order valence-electron chi connectivity index (χ3n) is 13.2. The predicted molar refractivity (Wildman–Crippen MR) is 317 cm³/mol. The van der Waals surface area contributed by atoms with Gasteiger partial charge in [-0.2, -0.15) is 0 Å². The molecule has 7 unspecified atom stereocenters. The van der Waals surface area contributed by atoms with Crippen LogP contribution in [0.4, 0.5) is 0 Å². The van der Waals surface area contributed by atoms with Crippen LogP contribution >= 0.6 is 0 Å². The molecule has 9 heteroatoms. The van der Waals surface area contributed by atoms with Gasteiger partial charge in [-0.25, -0.2) is 0 Å². The maximum Gasteiger partial charge on any atom is 0.220 e. The lowest BCUT2D eigenvalue weighted by molar-refractivity contribution is -0.302. The molecule has 0 bridgehead atoms. The largest absolute Gasteiger partial charge is 0.394 e. The number of carbonyl (C=O) groups is 1. The van der Waals surface area contributed by atoms with Crippen LogP contribution in [-0.2, 0) is 14.3 Å². The van der Waals surface area contributed by atoms with Crippen LogP contribution in [0.1, 0.15) is 219 Å². The first-order valence-corrected chi connectivity index (χ1v) is 29.9. The quantitative estimate of drug-likeness (QED) is 0.0261. The molecule has 1 rings (SSSR count). The molecular formula is C66H109NO8. The van der Waals surface area contributed by atoms with Gasteiger partial charge >= 0.3 is 0 Å². The Balaban J connectivity index is 2.25. The summed E-state index contributed by atoms with van der Waals surface area (Å²) in [6, 6.07) is -0.829. The SMILES string of the molecule is CC/C=C\C/C=C\C/C=C\C/C=C\C/C=C\C/C=C\C/C=C\C/C=C\C/C=C\C/C=C\CCCCCCC(=O)NC(COC1OC(CO)C(O)C(O)C1O)C(O)/C=C/CCCCCCCCCCCCCCCCC. The van der Waals surface area contributed by atoms with Gasteiger partial charge in [-0.15, -0.1) is 0 Å². The maximum absolute atomic E-state index is 13.1. The van der Waals surface area contributed by atoms with Crippen molar-refractivity contribution in [2.24, 2.45) is 0 Å². The fraction of sp³-hybridized carbons (Fsp3) is 0.652. The van der Waals surface area contributed by atoms with Crippen molar-refractivity contribution in [1.82, 2.24) is 5.32 Å². The highest BCUT2D eigenvalue weighted by Crippen LogP contribution is 2.23. The second kappa shape index (κ2) is 53.7. The Labute approximate surface area is 458 Å². The summed E-state index contributed by atoms with van der Waals surface area (Å²) in [6.07, 6.45) is 75.1. The van der Waals surface area contributed by atoms with Gasteiger partial charge < -0.3 is 40.3 Å². The molecule has 1 aliphatic rings. The first-order chi connectivity index (χ1) is 36.8. The number of hydrogen-bond acceptors (Lipinski definition) is 8. The Morgan fingerprint density at radius 2 is 0.827 bits per heavy atom. The molecule has 1 heterocycles. The van der Waals surface area contributed by atoms with Crippen LogP contribution in [-0.4, -0.2) is 87.5 Å². The minimum atomic E-state index is -1.58. The smallest absolute Gasteiger partial charge is 0.220 e. The van der Waals surface area contributed by atoms with Crippen LogP contribution < -0.4 is 5.32 Å². The van der Waals surface area contributed by atoms with Crippen molar-refractivity contribution < 1.29 is 39.8 Å². The minimum absolute atomic E-state index is 0.206. The van der Waals surface area contributed by atoms with Gasteiger partial charge in [-0.3, -0.25) is 4.79 Å². The van der Waals surface area contributed by atoms with E-state index in [2.05, 4.69) is 141 Å². The number of aliphatic hydroxyl groups is 5. The molecule has 0 spiro atoms. The van der Waals surface area contributed by atoms with E-state index in [-0.39, 0.29) is 12.5 Å². The monoisotopic (exact) mass is 1040 g/mol. The van der Waals surface area contributed by atoms with Crippen molar-refractivity contribution in [2.75, 3.05) is 13.2 Å². The number of amides is 1. The number of rotatable bonds is 49. The zero-order valence-electron chi connectivity index (χ0n) is 47.2. The summed E-state index contributed by atoms with van der Waals surface area (Å²) < 4.78 is 11.3. The van der Waals surface area contributed by atoms with E-state index >= 15 is 0 Å². The van der Waals surface area contributed by atoms with Crippen molar-refractivity contribution in [2.45, 2.75) is 262 Å². The Kier molecular flexibility index (Phi) is 49.7. The molecule has 0 radical (unpaired) electrons. The van der Waals surface area contributed by atoms with Crippen molar-refractivity contribution in [1.29, 1.82) is 0 Å². The van der Waals surface area contributed by atoms with Crippen LogP contribution in [0.3, 0.4) is 0 Å². The third kappa shape index (κ3) is 43.1. The normalized spacial score (nSPS) is 19.9. The van der Waals surface area contributed by atoms with E-state index in [1.807, 2.05) is 6.08 Å². The van der Waals surface area contributed by atoms with E-state index in [0.717, 1.165) is 116 Å². The lowest BCUT2D eigenvalue weighted by atomic mass is 9.99. The van der Waals surface area contributed by atoms with Crippen molar-refractivity contribution in [3.63, 3.8) is 0 Å². The van der Waals surface area contributed by atoms with Gasteiger partial charge in [-0.1, -0.05) is 250 Å². The van der Waals surface area contributed by atoms with E-state index in [4.69, 9.17) is 9.47 Å². The molecule has 75 heavy (non-hydrogen) atoms. The minimum Gasteiger partial charge on any atom is -0.394 e. The number of hydrogen-bond donors (Lipinski definition) is 6. The maximum atomic E-state index is 13.1. The van der Waals surface area contributed by atoms with E-state index in [9.17, 15) is 30.3 Å². The van der Waals surface area contributed by atoms with Crippen LogP contribution in [0, 0.1) is 0 Å². The van der Waals surface area contributed by atoms with Crippen LogP contribution in [0.5, 0.6) is 0 Å². The van der Waals surface area contributed by atoms with E-state index < -0.39 is 49.5 Å². The van der Waals surface area contributed by atoms with E-state index in [1.165, 1.54) is 83.5 Å². The molecule has 9 nitrogen and oxygen atoms in total. The number of unbranched alkanes of at least 4 members (excludes halogenated alkanes) is 19. The zero-order chi connectivity index (χ0) is 54.3. The van der Waals surface area contributed by atoms with Crippen LogP contribution in [0.2, 0.25) is 0 Å². The zero-order valence-corrected chi connectivity index (χ0v) is 47.2. The number of allylic oxidation sites excluding steroid dienone is 21. The van der Waals surface area contributed by atoms with Crippen LogP contribution in [0.25, 0.3) is 0 Å². The summed E-state index contributed by atoms with van der Waals surface area (Å²) in [6.45, 7) is 3.64. The lowest BCUT2D eigenvalue weighted by Crippen LogP contribution is -2.60. The summed E-state index contributed by atoms with van der Waals surface area (Å²) in [5, 5.41) is 54.5. The molecule has 1 aliphatic heterocycles. The van der Waals surface area contributed by atoms with Gasteiger partial charge in [0.1, 0.15) is 24.4 Å². The van der Waals surface area contributed by atoms with Gasteiger partial charge in [0.2, 0.25) is 5.91 Å². The molecule has 0 aliphatic carbocycles. The molecule has 0 aromatic carbocycles. The highest BCUT2D eigenvalue weighted by atomic mass is 16.7. The average Bonchev–Trinajstić information content (AvgIpc) is 3.41. The second-order valence-corrected chi connectivity index (χ2v) is 20.1.